The van der Waals surface area contributed by atoms with E-state index >= 15 is 0 Å². The van der Waals surface area contributed by atoms with Gasteiger partial charge in [0, 0.05) is 0 Å². The number of methoxy groups -OCH3 is 2. The SMILES string of the molecule is COc1cnc(C(O)c2csc(Br)c2)c(OC)n1. The molecule has 7 heteroatoms. The van der Waals surface area contributed by atoms with Gasteiger partial charge in [0.1, 0.15) is 11.8 Å². The van der Waals surface area contributed by atoms with Crippen molar-refractivity contribution in [3.8, 4) is 11.8 Å². The van der Waals surface area contributed by atoms with E-state index < -0.39 is 6.10 Å². The number of thiophene rings is 1. The highest BCUT2D eigenvalue weighted by atomic mass is 79.9. The summed E-state index contributed by atoms with van der Waals surface area (Å²) in [6, 6.07) is 1.83. The van der Waals surface area contributed by atoms with Crippen LogP contribution in [0.25, 0.3) is 0 Å². The number of hydrogen-bond acceptors (Lipinski definition) is 6. The van der Waals surface area contributed by atoms with Crippen LogP contribution in [0.5, 0.6) is 11.8 Å². The lowest BCUT2D eigenvalue weighted by atomic mass is 10.1. The summed E-state index contributed by atoms with van der Waals surface area (Å²) in [5.74, 6) is 0.596. The van der Waals surface area contributed by atoms with Gasteiger partial charge in [-0.1, -0.05) is 0 Å². The first-order valence-electron chi connectivity index (χ1n) is 5.02. The zero-order valence-corrected chi connectivity index (χ0v) is 12.2. The number of aromatic nitrogens is 2. The molecule has 0 spiro atoms. The molecule has 0 saturated carbocycles. The van der Waals surface area contributed by atoms with E-state index in [9.17, 15) is 5.11 Å². The Balaban J connectivity index is 2.38. The van der Waals surface area contributed by atoms with Crippen molar-refractivity contribution < 1.29 is 14.6 Å². The van der Waals surface area contributed by atoms with Crippen molar-refractivity contribution in [1.82, 2.24) is 9.97 Å². The largest absolute Gasteiger partial charge is 0.480 e. The van der Waals surface area contributed by atoms with Crippen LogP contribution in [-0.2, 0) is 0 Å². The maximum Gasteiger partial charge on any atom is 0.241 e. The molecule has 5 nitrogen and oxygen atoms in total. The van der Waals surface area contributed by atoms with Gasteiger partial charge in [-0.3, -0.25) is 0 Å². The molecule has 0 aromatic carbocycles. The summed E-state index contributed by atoms with van der Waals surface area (Å²) >= 11 is 4.84. The highest BCUT2D eigenvalue weighted by Gasteiger charge is 2.20. The number of aliphatic hydroxyl groups excluding tert-OH is 1. The number of halogens is 1. The Kier molecular flexibility index (Phi) is 4.15. The van der Waals surface area contributed by atoms with Gasteiger partial charge in [-0.2, -0.15) is 4.98 Å². The highest BCUT2D eigenvalue weighted by molar-refractivity contribution is 9.11. The van der Waals surface area contributed by atoms with Gasteiger partial charge in [-0.15, -0.1) is 11.3 Å². The van der Waals surface area contributed by atoms with Gasteiger partial charge in [0.15, 0.2) is 0 Å². The summed E-state index contributed by atoms with van der Waals surface area (Å²) < 4.78 is 11.0. The monoisotopic (exact) mass is 330 g/mol. The molecule has 0 radical (unpaired) electrons. The van der Waals surface area contributed by atoms with E-state index in [1.165, 1.54) is 31.8 Å². The second-order valence-corrected chi connectivity index (χ2v) is 5.68. The zero-order chi connectivity index (χ0) is 13.1. The number of aliphatic hydroxyl groups is 1. The third kappa shape index (κ3) is 2.63. The normalized spacial score (nSPS) is 12.2. The van der Waals surface area contributed by atoms with Crippen molar-refractivity contribution in [3.05, 3.63) is 32.7 Å². The van der Waals surface area contributed by atoms with Crippen molar-refractivity contribution >= 4 is 27.3 Å². The van der Waals surface area contributed by atoms with Gasteiger partial charge in [-0.05, 0) is 32.9 Å². The molecule has 0 amide bonds. The smallest absolute Gasteiger partial charge is 0.241 e. The van der Waals surface area contributed by atoms with Gasteiger partial charge in [0.05, 0.1) is 24.2 Å². The fourth-order valence-electron chi connectivity index (χ4n) is 1.43. The molecule has 2 aromatic heterocycles. The molecule has 0 aliphatic rings. The van der Waals surface area contributed by atoms with Crippen LogP contribution in [0.1, 0.15) is 17.4 Å². The van der Waals surface area contributed by atoms with E-state index in [0.717, 1.165) is 9.35 Å². The molecule has 2 heterocycles. The van der Waals surface area contributed by atoms with Crippen LogP contribution in [0.3, 0.4) is 0 Å². The maximum atomic E-state index is 10.2. The van der Waals surface area contributed by atoms with Crippen molar-refractivity contribution in [2.45, 2.75) is 6.10 Å². The topological polar surface area (TPSA) is 64.5 Å². The third-order valence-corrected chi connectivity index (χ3v) is 3.83. The molecule has 0 fully saturated rings. The lowest BCUT2D eigenvalue weighted by molar-refractivity contribution is 0.207. The molecule has 0 saturated heterocycles. The number of hydrogen-bond donors (Lipinski definition) is 1. The number of ether oxygens (including phenoxy) is 2. The maximum absolute atomic E-state index is 10.2. The molecular weight excluding hydrogens is 320 g/mol. The molecule has 1 unspecified atom stereocenters. The van der Waals surface area contributed by atoms with E-state index in [4.69, 9.17) is 9.47 Å². The lowest BCUT2D eigenvalue weighted by Crippen LogP contribution is -2.06. The van der Waals surface area contributed by atoms with Gasteiger partial charge in [0.2, 0.25) is 11.8 Å². The third-order valence-electron chi connectivity index (χ3n) is 2.31. The molecule has 1 atom stereocenters. The molecule has 1 N–H and O–H groups in total. The standard InChI is InChI=1S/C11H11BrN2O3S/c1-16-8-4-13-9(11(14-8)17-2)10(15)6-3-7(12)18-5-6/h3-5,10,15H,1-2H3. The van der Waals surface area contributed by atoms with Crippen molar-refractivity contribution in [2.75, 3.05) is 14.2 Å². The van der Waals surface area contributed by atoms with Crippen LogP contribution in [-0.4, -0.2) is 29.3 Å². The van der Waals surface area contributed by atoms with Gasteiger partial charge in [-0.25, -0.2) is 4.98 Å². The Bertz CT molecular complexity index is 547. The summed E-state index contributed by atoms with van der Waals surface area (Å²) in [5.41, 5.74) is 1.10. The van der Waals surface area contributed by atoms with Gasteiger partial charge in [0.25, 0.3) is 0 Å². The first-order valence-corrected chi connectivity index (χ1v) is 6.70. The van der Waals surface area contributed by atoms with E-state index in [1.807, 2.05) is 11.4 Å². The minimum atomic E-state index is -0.874. The van der Waals surface area contributed by atoms with Crippen LogP contribution in [0, 0.1) is 0 Å². The summed E-state index contributed by atoms with van der Waals surface area (Å²) in [6.45, 7) is 0. The molecule has 0 aliphatic heterocycles. The van der Waals surface area contributed by atoms with Crippen LogP contribution in [0.15, 0.2) is 21.4 Å². The first-order chi connectivity index (χ1) is 8.65. The van der Waals surface area contributed by atoms with Crippen LogP contribution >= 0.6 is 27.3 Å². The predicted octanol–water partition coefficient (Wildman–Crippen LogP) is 2.40. The summed E-state index contributed by atoms with van der Waals surface area (Å²) in [7, 11) is 2.97. The molecule has 0 aliphatic carbocycles. The minimum Gasteiger partial charge on any atom is -0.480 e. The van der Waals surface area contributed by atoms with E-state index in [2.05, 4.69) is 25.9 Å². The van der Waals surface area contributed by atoms with E-state index in [-0.39, 0.29) is 5.88 Å². The number of rotatable bonds is 4. The minimum absolute atomic E-state index is 0.254. The summed E-state index contributed by atoms with van der Waals surface area (Å²) in [5, 5.41) is 12.1. The van der Waals surface area contributed by atoms with Gasteiger partial charge < -0.3 is 14.6 Å². The molecule has 0 bridgehead atoms. The first kappa shape index (κ1) is 13.3. The Hall–Kier alpha value is -1.18. The van der Waals surface area contributed by atoms with Gasteiger partial charge >= 0.3 is 0 Å². The average molecular weight is 331 g/mol. The van der Waals surface area contributed by atoms with Crippen LogP contribution in [0.4, 0.5) is 0 Å². The van der Waals surface area contributed by atoms with Crippen LogP contribution < -0.4 is 9.47 Å². The second kappa shape index (κ2) is 5.64. The molecule has 2 aromatic rings. The Labute approximate surface area is 117 Å². The second-order valence-electron chi connectivity index (χ2n) is 3.39. The average Bonchev–Trinajstić information content (AvgIpc) is 2.83. The van der Waals surface area contributed by atoms with Crippen molar-refractivity contribution in [3.63, 3.8) is 0 Å². The van der Waals surface area contributed by atoms with E-state index in [0.29, 0.717) is 11.6 Å². The Morgan fingerprint density at radius 3 is 2.72 bits per heavy atom. The molecule has 18 heavy (non-hydrogen) atoms. The van der Waals surface area contributed by atoms with Crippen molar-refractivity contribution in [1.29, 1.82) is 0 Å². The fraction of sp³-hybridized carbons (Fsp3) is 0.273. The molecular formula is C11H11BrN2O3S. The lowest BCUT2D eigenvalue weighted by Gasteiger charge is -2.12. The predicted molar refractivity (Wildman–Crippen MR) is 71.2 cm³/mol. The molecule has 2 rings (SSSR count). The van der Waals surface area contributed by atoms with E-state index in [1.54, 1.807) is 0 Å². The quantitative estimate of drug-likeness (QED) is 0.932. The van der Waals surface area contributed by atoms with Crippen molar-refractivity contribution in [2.24, 2.45) is 0 Å². The summed E-state index contributed by atoms with van der Waals surface area (Å²) in [6.07, 6.45) is 0.573. The number of nitrogens with zero attached hydrogens (tertiary/aromatic N) is 2. The zero-order valence-electron chi connectivity index (χ0n) is 9.75. The Morgan fingerprint density at radius 2 is 2.17 bits per heavy atom. The highest BCUT2D eigenvalue weighted by Crippen LogP contribution is 2.32. The summed E-state index contributed by atoms with van der Waals surface area (Å²) in [4.78, 5) is 8.22. The van der Waals surface area contributed by atoms with Crippen LogP contribution in [0.2, 0.25) is 0 Å². The fourth-order valence-corrected chi connectivity index (χ4v) is 2.62. The molecule has 96 valence electrons. The Morgan fingerprint density at radius 1 is 1.39 bits per heavy atom.